The summed E-state index contributed by atoms with van der Waals surface area (Å²) in [5, 5.41) is 19.0. The number of cyclic esters (lactones) is 1. The highest BCUT2D eigenvalue weighted by atomic mass is 16.5. The van der Waals surface area contributed by atoms with Gasteiger partial charge in [-0.05, 0) is 25.7 Å². The number of carbonyl (C=O) groups excluding carboxylic acids is 1. The van der Waals surface area contributed by atoms with Crippen LogP contribution in [0.3, 0.4) is 0 Å². The minimum Gasteiger partial charge on any atom is -0.462 e. The van der Waals surface area contributed by atoms with Crippen molar-refractivity contribution in [2.45, 2.75) is 64.3 Å². The molecule has 0 aromatic rings. The number of rotatable bonds is 5. The number of ether oxygens (including phenoxy) is 1. The summed E-state index contributed by atoms with van der Waals surface area (Å²) < 4.78 is 5.20. The van der Waals surface area contributed by atoms with Crippen LogP contribution < -0.4 is 0 Å². The lowest BCUT2D eigenvalue weighted by molar-refractivity contribution is -0.167. The number of hydrogen-bond acceptors (Lipinski definition) is 4. The second kappa shape index (κ2) is 6.21. The van der Waals surface area contributed by atoms with Gasteiger partial charge in [-0.3, -0.25) is 4.79 Å². The summed E-state index contributed by atoms with van der Waals surface area (Å²) in [7, 11) is 0. The first kappa shape index (κ1) is 13.5. The van der Waals surface area contributed by atoms with E-state index in [0.717, 1.165) is 25.7 Å². The monoisotopic (exact) mass is 230 g/mol. The van der Waals surface area contributed by atoms with Crippen molar-refractivity contribution in [3.05, 3.63) is 0 Å². The zero-order valence-electron chi connectivity index (χ0n) is 10.1. The molecule has 1 rings (SSSR count). The molecular formula is C12H22O4. The quantitative estimate of drug-likeness (QED) is 0.697. The molecule has 1 aliphatic heterocycles. The Bertz CT molecular complexity index is 229. The van der Waals surface area contributed by atoms with Crippen LogP contribution in [0, 0.1) is 5.92 Å². The van der Waals surface area contributed by atoms with Crippen molar-refractivity contribution in [1.82, 2.24) is 0 Å². The third kappa shape index (κ3) is 3.76. The van der Waals surface area contributed by atoms with Crippen LogP contribution in [-0.4, -0.2) is 34.5 Å². The van der Waals surface area contributed by atoms with Crippen molar-refractivity contribution in [1.29, 1.82) is 0 Å². The van der Waals surface area contributed by atoms with Gasteiger partial charge >= 0.3 is 5.97 Å². The maximum Gasteiger partial charge on any atom is 0.308 e. The van der Waals surface area contributed by atoms with Gasteiger partial charge < -0.3 is 14.9 Å². The van der Waals surface area contributed by atoms with E-state index >= 15 is 0 Å². The third-order valence-corrected chi connectivity index (χ3v) is 3.35. The van der Waals surface area contributed by atoms with Gasteiger partial charge in [-0.25, -0.2) is 0 Å². The average Bonchev–Trinajstić information content (AvgIpc) is 2.24. The van der Waals surface area contributed by atoms with Gasteiger partial charge in [0.2, 0.25) is 0 Å². The molecule has 0 aromatic carbocycles. The van der Waals surface area contributed by atoms with E-state index in [9.17, 15) is 15.0 Å². The first-order valence-electron chi connectivity index (χ1n) is 6.10. The first-order valence-corrected chi connectivity index (χ1v) is 6.10. The summed E-state index contributed by atoms with van der Waals surface area (Å²) in [6.45, 7) is 3.84. The van der Waals surface area contributed by atoms with Crippen LogP contribution in [0.25, 0.3) is 0 Å². The number of hydrogen-bond donors (Lipinski definition) is 2. The maximum absolute atomic E-state index is 11.2. The molecule has 0 radical (unpaired) electrons. The minimum atomic E-state index is -0.581. The summed E-state index contributed by atoms with van der Waals surface area (Å²) in [6, 6.07) is 0. The lowest BCUT2D eigenvalue weighted by Crippen LogP contribution is -2.40. The molecule has 4 atom stereocenters. The van der Waals surface area contributed by atoms with Crippen LogP contribution in [-0.2, 0) is 9.53 Å². The molecule has 0 spiro atoms. The molecular weight excluding hydrogens is 208 g/mol. The summed E-state index contributed by atoms with van der Waals surface area (Å²) in [5.41, 5.74) is 0. The lowest BCUT2D eigenvalue weighted by Gasteiger charge is -2.32. The Morgan fingerprint density at radius 2 is 2.25 bits per heavy atom. The Kier molecular flexibility index (Phi) is 5.22. The van der Waals surface area contributed by atoms with Crippen LogP contribution in [0.1, 0.15) is 46.0 Å². The third-order valence-electron chi connectivity index (χ3n) is 3.35. The Morgan fingerprint density at radius 3 is 2.88 bits per heavy atom. The Morgan fingerprint density at radius 1 is 1.56 bits per heavy atom. The average molecular weight is 230 g/mol. The fourth-order valence-electron chi connectivity index (χ4n) is 2.01. The van der Waals surface area contributed by atoms with Gasteiger partial charge in [0.25, 0.3) is 0 Å². The molecule has 0 amide bonds. The Labute approximate surface area is 96.6 Å². The van der Waals surface area contributed by atoms with E-state index in [1.54, 1.807) is 0 Å². The molecule has 0 aliphatic carbocycles. The molecule has 0 aromatic heterocycles. The zero-order valence-corrected chi connectivity index (χ0v) is 10.1. The topological polar surface area (TPSA) is 66.8 Å². The van der Waals surface area contributed by atoms with Crippen LogP contribution >= 0.6 is 0 Å². The van der Waals surface area contributed by atoms with Crippen molar-refractivity contribution in [3.63, 3.8) is 0 Å². The van der Waals surface area contributed by atoms with E-state index in [4.69, 9.17) is 4.74 Å². The minimum absolute atomic E-state index is 0.00327. The lowest BCUT2D eigenvalue weighted by atomic mass is 9.89. The van der Waals surface area contributed by atoms with Gasteiger partial charge in [0.15, 0.2) is 0 Å². The molecule has 0 bridgehead atoms. The highest BCUT2D eigenvalue weighted by Gasteiger charge is 2.34. The molecule has 4 heteroatoms. The van der Waals surface area contributed by atoms with Crippen molar-refractivity contribution in [2.75, 3.05) is 0 Å². The number of esters is 1. The van der Waals surface area contributed by atoms with Gasteiger partial charge in [0, 0.05) is 5.92 Å². The zero-order chi connectivity index (χ0) is 12.1. The Hall–Kier alpha value is -0.610. The van der Waals surface area contributed by atoms with Gasteiger partial charge in [0.05, 0.1) is 18.6 Å². The molecule has 16 heavy (non-hydrogen) atoms. The fourth-order valence-corrected chi connectivity index (χ4v) is 2.01. The van der Waals surface area contributed by atoms with Crippen LogP contribution in [0.4, 0.5) is 0 Å². The van der Waals surface area contributed by atoms with E-state index < -0.39 is 6.10 Å². The van der Waals surface area contributed by atoms with E-state index in [1.165, 1.54) is 0 Å². The molecule has 1 heterocycles. The number of carbonyl (C=O) groups is 1. The smallest absolute Gasteiger partial charge is 0.308 e. The predicted molar refractivity (Wildman–Crippen MR) is 59.8 cm³/mol. The van der Waals surface area contributed by atoms with Gasteiger partial charge in [-0.15, -0.1) is 0 Å². The molecule has 4 nitrogen and oxygen atoms in total. The van der Waals surface area contributed by atoms with Gasteiger partial charge in [0.1, 0.15) is 6.10 Å². The van der Waals surface area contributed by atoms with Crippen molar-refractivity contribution < 1.29 is 19.7 Å². The highest BCUT2D eigenvalue weighted by molar-refractivity contribution is 5.71. The van der Waals surface area contributed by atoms with Crippen molar-refractivity contribution in [2.24, 2.45) is 5.92 Å². The Balaban J connectivity index is 2.32. The fraction of sp³-hybridized carbons (Fsp3) is 0.917. The predicted octanol–water partition coefficient (Wildman–Crippen LogP) is 1.24. The second-order valence-corrected chi connectivity index (χ2v) is 4.65. The van der Waals surface area contributed by atoms with Crippen LogP contribution in [0.15, 0.2) is 0 Å². The molecule has 1 aliphatic rings. The molecule has 1 saturated heterocycles. The summed E-state index contributed by atoms with van der Waals surface area (Å²) in [4.78, 5) is 11.2. The first-order chi connectivity index (χ1) is 7.54. The summed E-state index contributed by atoms with van der Waals surface area (Å²) >= 11 is 0. The van der Waals surface area contributed by atoms with Crippen LogP contribution in [0.5, 0.6) is 0 Å². The molecule has 2 N–H and O–H groups in total. The van der Waals surface area contributed by atoms with E-state index in [2.05, 4.69) is 0 Å². The van der Waals surface area contributed by atoms with Gasteiger partial charge in [-0.1, -0.05) is 13.8 Å². The molecule has 1 fully saturated rings. The second-order valence-electron chi connectivity index (χ2n) is 4.65. The van der Waals surface area contributed by atoms with Crippen LogP contribution in [0.2, 0.25) is 0 Å². The number of aliphatic hydroxyl groups is 2. The molecule has 0 saturated carbocycles. The van der Waals surface area contributed by atoms with E-state index in [1.807, 2.05) is 13.8 Å². The number of aliphatic hydroxyl groups excluding tert-OH is 2. The summed E-state index contributed by atoms with van der Waals surface area (Å²) in [6.07, 6.45) is 2.10. The van der Waals surface area contributed by atoms with Crippen molar-refractivity contribution in [3.8, 4) is 0 Å². The molecule has 0 unspecified atom stereocenters. The standard InChI is InChI=1S/C12H22O4/c1-3-9(13)5-4-6-11-8(2)10(14)7-12(15)16-11/h8-11,13-14H,3-7H2,1-2H3/t8-,9-,10+,11-/m0/s1. The largest absolute Gasteiger partial charge is 0.462 e. The SMILES string of the molecule is CC[C@H](O)CCC[C@@H]1OC(=O)C[C@@H](O)[C@@H]1C. The van der Waals surface area contributed by atoms with Crippen molar-refractivity contribution >= 4 is 5.97 Å². The maximum atomic E-state index is 11.2. The van der Waals surface area contributed by atoms with E-state index in [0.29, 0.717) is 0 Å². The highest BCUT2D eigenvalue weighted by Crippen LogP contribution is 2.25. The normalized spacial score (nSPS) is 32.2. The summed E-state index contributed by atoms with van der Waals surface area (Å²) in [5.74, 6) is -0.317. The van der Waals surface area contributed by atoms with E-state index in [-0.39, 0.29) is 30.5 Å². The molecule has 94 valence electrons. The van der Waals surface area contributed by atoms with Gasteiger partial charge in [-0.2, -0.15) is 0 Å².